The van der Waals surface area contributed by atoms with Crippen molar-refractivity contribution < 1.29 is 5.11 Å². The van der Waals surface area contributed by atoms with E-state index in [2.05, 4.69) is 16.8 Å². The Labute approximate surface area is 88.4 Å². The lowest BCUT2D eigenvalue weighted by Crippen LogP contribution is -2.34. The van der Waals surface area contributed by atoms with Gasteiger partial charge in [-0.1, -0.05) is 18.3 Å². The Morgan fingerprint density at radius 3 is 3.21 bits per heavy atom. The number of aliphatic hydroxyl groups excluding tert-OH is 1. The van der Waals surface area contributed by atoms with Crippen LogP contribution in [0.4, 0.5) is 5.13 Å². The Kier molecular flexibility index (Phi) is 3.03. The number of hydrogen-bond donors (Lipinski definition) is 1. The molecule has 1 saturated heterocycles. The molecule has 0 aromatic carbocycles. The molecule has 0 saturated carbocycles. The van der Waals surface area contributed by atoms with Crippen LogP contribution in [0.5, 0.6) is 0 Å². The first kappa shape index (κ1) is 9.93. The summed E-state index contributed by atoms with van der Waals surface area (Å²) < 4.78 is 0. The molecule has 1 aromatic heterocycles. The van der Waals surface area contributed by atoms with Gasteiger partial charge in [0.25, 0.3) is 0 Å². The van der Waals surface area contributed by atoms with Crippen LogP contribution in [0.2, 0.25) is 0 Å². The van der Waals surface area contributed by atoms with Gasteiger partial charge in [-0.15, -0.1) is 0 Å². The van der Waals surface area contributed by atoms with Crippen LogP contribution in [0, 0.1) is 5.92 Å². The molecule has 78 valence electrons. The van der Waals surface area contributed by atoms with Gasteiger partial charge in [0.2, 0.25) is 0 Å². The van der Waals surface area contributed by atoms with E-state index in [-0.39, 0.29) is 6.61 Å². The van der Waals surface area contributed by atoms with Gasteiger partial charge in [-0.25, -0.2) is 4.98 Å². The summed E-state index contributed by atoms with van der Waals surface area (Å²) in [6, 6.07) is 0. The third-order valence-corrected chi connectivity index (χ3v) is 3.67. The van der Waals surface area contributed by atoms with Crippen molar-refractivity contribution >= 4 is 16.5 Å². The maximum Gasteiger partial charge on any atom is 0.185 e. The molecular weight excluding hydrogens is 196 g/mol. The van der Waals surface area contributed by atoms with Crippen LogP contribution in [0.15, 0.2) is 6.20 Å². The summed E-state index contributed by atoms with van der Waals surface area (Å²) >= 11 is 1.61. The first-order valence-electron chi connectivity index (χ1n) is 5.10. The molecule has 0 aliphatic carbocycles. The van der Waals surface area contributed by atoms with E-state index >= 15 is 0 Å². The molecule has 1 atom stereocenters. The van der Waals surface area contributed by atoms with Crippen LogP contribution in [0.1, 0.15) is 24.6 Å². The minimum Gasteiger partial charge on any atom is -0.391 e. The lowest BCUT2D eigenvalue weighted by Gasteiger charge is -2.30. The highest BCUT2D eigenvalue weighted by atomic mass is 32.1. The number of aromatic nitrogens is 1. The third kappa shape index (κ3) is 2.07. The predicted molar refractivity (Wildman–Crippen MR) is 58.6 cm³/mol. The molecule has 4 heteroatoms. The highest BCUT2D eigenvalue weighted by Crippen LogP contribution is 2.26. The van der Waals surface area contributed by atoms with Gasteiger partial charge in [0.05, 0.1) is 11.5 Å². The van der Waals surface area contributed by atoms with Gasteiger partial charge in [0.15, 0.2) is 5.13 Å². The van der Waals surface area contributed by atoms with E-state index in [1.165, 1.54) is 12.8 Å². The molecule has 0 spiro atoms. The zero-order valence-corrected chi connectivity index (χ0v) is 9.26. The second-order valence-electron chi connectivity index (χ2n) is 3.96. The van der Waals surface area contributed by atoms with Gasteiger partial charge in [0.1, 0.15) is 0 Å². The first-order valence-corrected chi connectivity index (χ1v) is 5.91. The zero-order valence-electron chi connectivity index (χ0n) is 8.44. The van der Waals surface area contributed by atoms with Crippen molar-refractivity contribution in [3.8, 4) is 0 Å². The van der Waals surface area contributed by atoms with Crippen molar-refractivity contribution in [3.05, 3.63) is 11.1 Å². The average molecular weight is 212 g/mol. The molecule has 1 unspecified atom stereocenters. The van der Waals surface area contributed by atoms with Crippen molar-refractivity contribution in [2.45, 2.75) is 26.4 Å². The number of aliphatic hydroxyl groups is 1. The number of thiazole rings is 1. The predicted octanol–water partition coefficient (Wildman–Crippen LogP) is 1.87. The Bertz CT molecular complexity index is 300. The standard InChI is InChI=1S/C10H16N2OS/c1-8-3-2-4-12(6-8)10-11-5-9(7-13)14-10/h5,8,13H,2-4,6-7H2,1H3. The fourth-order valence-electron chi connectivity index (χ4n) is 1.88. The van der Waals surface area contributed by atoms with Gasteiger partial charge in [-0.3, -0.25) is 0 Å². The molecule has 2 rings (SSSR count). The summed E-state index contributed by atoms with van der Waals surface area (Å²) in [4.78, 5) is 7.62. The van der Waals surface area contributed by atoms with E-state index < -0.39 is 0 Å². The molecule has 0 bridgehead atoms. The van der Waals surface area contributed by atoms with Crippen LogP contribution in [0.25, 0.3) is 0 Å². The average Bonchev–Trinajstić information content (AvgIpc) is 2.66. The van der Waals surface area contributed by atoms with Gasteiger partial charge in [-0.05, 0) is 18.8 Å². The van der Waals surface area contributed by atoms with Gasteiger partial charge < -0.3 is 10.0 Å². The number of hydrogen-bond acceptors (Lipinski definition) is 4. The monoisotopic (exact) mass is 212 g/mol. The molecule has 1 aliphatic heterocycles. The number of anilines is 1. The quantitative estimate of drug-likeness (QED) is 0.813. The van der Waals surface area contributed by atoms with E-state index in [4.69, 9.17) is 5.11 Å². The van der Waals surface area contributed by atoms with Crippen LogP contribution in [-0.2, 0) is 6.61 Å². The molecule has 3 nitrogen and oxygen atoms in total. The second kappa shape index (κ2) is 4.28. The Morgan fingerprint density at radius 2 is 2.57 bits per heavy atom. The summed E-state index contributed by atoms with van der Waals surface area (Å²) in [6.45, 7) is 4.62. The lowest BCUT2D eigenvalue weighted by molar-refractivity contribution is 0.285. The first-order chi connectivity index (χ1) is 6.79. The van der Waals surface area contributed by atoms with Gasteiger partial charge >= 0.3 is 0 Å². The third-order valence-electron chi connectivity index (χ3n) is 2.62. The van der Waals surface area contributed by atoms with E-state index in [9.17, 15) is 0 Å². The Hall–Kier alpha value is -0.610. The summed E-state index contributed by atoms with van der Waals surface area (Å²) in [6.07, 6.45) is 4.36. The zero-order chi connectivity index (χ0) is 9.97. The lowest BCUT2D eigenvalue weighted by atomic mass is 10.0. The summed E-state index contributed by atoms with van der Waals surface area (Å²) in [5.41, 5.74) is 0. The molecule has 1 aromatic rings. The Morgan fingerprint density at radius 1 is 1.71 bits per heavy atom. The largest absolute Gasteiger partial charge is 0.391 e. The number of nitrogens with zero attached hydrogens (tertiary/aromatic N) is 2. The van der Waals surface area contributed by atoms with Gasteiger partial charge in [0, 0.05) is 19.3 Å². The van der Waals surface area contributed by atoms with Gasteiger partial charge in [-0.2, -0.15) is 0 Å². The fraction of sp³-hybridized carbons (Fsp3) is 0.700. The SMILES string of the molecule is CC1CCCN(c2ncc(CO)s2)C1. The van der Waals surface area contributed by atoms with E-state index in [1.807, 2.05) is 0 Å². The van der Waals surface area contributed by atoms with Crippen molar-refractivity contribution in [3.63, 3.8) is 0 Å². The highest BCUT2D eigenvalue weighted by Gasteiger charge is 2.18. The summed E-state index contributed by atoms with van der Waals surface area (Å²) in [5.74, 6) is 0.769. The molecule has 2 heterocycles. The van der Waals surface area contributed by atoms with E-state index in [0.717, 1.165) is 29.0 Å². The minimum absolute atomic E-state index is 0.112. The smallest absolute Gasteiger partial charge is 0.185 e. The molecule has 1 aliphatic rings. The molecule has 0 amide bonds. The van der Waals surface area contributed by atoms with Crippen molar-refractivity contribution in [1.82, 2.24) is 4.98 Å². The fourth-order valence-corrected chi connectivity index (χ4v) is 2.68. The highest BCUT2D eigenvalue weighted by molar-refractivity contribution is 7.15. The van der Waals surface area contributed by atoms with Crippen LogP contribution in [-0.4, -0.2) is 23.2 Å². The Balaban J connectivity index is 2.06. The molecule has 1 N–H and O–H groups in total. The maximum atomic E-state index is 8.95. The number of piperidine rings is 1. The van der Waals surface area contributed by atoms with E-state index in [0.29, 0.717) is 0 Å². The second-order valence-corrected chi connectivity index (χ2v) is 5.05. The van der Waals surface area contributed by atoms with E-state index in [1.54, 1.807) is 17.5 Å². The molecule has 1 fully saturated rings. The summed E-state index contributed by atoms with van der Waals surface area (Å²) in [5, 5.41) is 10.0. The van der Waals surface area contributed by atoms with Crippen LogP contribution >= 0.6 is 11.3 Å². The van der Waals surface area contributed by atoms with Crippen molar-refractivity contribution in [2.75, 3.05) is 18.0 Å². The topological polar surface area (TPSA) is 36.4 Å². The molecule has 14 heavy (non-hydrogen) atoms. The maximum absolute atomic E-state index is 8.95. The van der Waals surface area contributed by atoms with Crippen molar-refractivity contribution in [1.29, 1.82) is 0 Å². The summed E-state index contributed by atoms with van der Waals surface area (Å²) in [7, 11) is 0. The molecule has 0 radical (unpaired) electrons. The van der Waals surface area contributed by atoms with Crippen LogP contribution in [0.3, 0.4) is 0 Å². The number of rotatable bonds is 2. The molecular formula is C10H16N2OS. The van der Waals surface area contributed by atoms with Crippen molar-refractivity contribution in [2.24, 2.45) is 5.92 Å². The normalized spacial score (nSPS) is 22.7. The van der Waals surface area contributed by atoms with Crippen LogP contribution < -0.4 is 4.90 Å². The minimum atomic E-state index is 0.112.